The van der Waals surface area contributed by atoms with Crippen LogP contribution < -0.4 is 10.6 Å². The summed E-state index contributed by atoms with van der Waals surface area (Å²) >= 11 is 0. The molecule has 0 saturated carbocycles. The first-order valence-electron chi connectivity index (χ1n) is 6.98. The van der Waals surface area contributed by atoms with E-state index in [0.29, 0.717) is 18.2 Å². The number of rotatable bonds is 5. The Labute approximate surface area is 114 Å². The zero-order valence-corrected chi connectivity index (χ0v) is 11.6. The van der Waals surface area contributed by atoms with Gasteiger partial charge in [0.25, 0.3) is 0 Å². The maximum atomic E-state index is 14.1. The third-order valence-electron chi connectivity index (χ3n) is 3.73. The van der Waals surface area contributed by atoms with Crippen LogP contribution in [-0.4, -0.2) is 33.4 Å². The van der Waals surface area contributed by atoms with Crippen molar-refractivity contribution in [2.24, 2.45) is 11.7 Å². The summed E-state index contributed by atoms with van der Waals surface area (Å²) in [5, 5.41) is 0. The van der Waals surface area contributed by atoms with Crippen molar-refractivity contribution in [2.45, 2.75) is 19.3 Å². The third kappa shape index (κ3) is 3.91. The van der Waals surface area contributed by atoms with Crippen molar-refractivity contribution in [3.63, 3.8) is 0 Å². The van der Waals surface area contributed by atoms with Gasteiger partial charge >= 0.3 is 0 Å². The molecule has 19 heavy (non-hydrogen) atoms. The lowest BCUT2D eigenvalue weighted by Gasteiger charge is -2.28. The summed E-state index contributed by atoms with van der Waals surface area (Å²) < 4.78 is 19.4. The highest BCUT2D eigenvalue weighted by atomic mass is 19.1. The summed E-state index contributed by atoms with van der Waals surface area (Å²) in [4.78, 5) is 2.01. The van der Waals surface area contributed by atoms with Crippen LogP contribution in [0.5, 0.6) is 0 Å². The second kappa shape index (κ2) is 6.87. The predicted octanol–water partition coefficient (Wildman–Crippen LogP) is 2.19. The highest BCUT2D eigenvalue weighted by molar-refractivity contribution is 5.48. The van der Waals surface area contributed by atoms with E-state index in [1.54, 1.807) is 6.07 Å². The summed E-state index contributed by atoms with van der Waals surface area (Å²) in [5.41, 5.74) is 7.12. The Morgan fingerprint density at radius 1 is 1.37 bits per heavy atom. The molecule has 0 bridgehead atoms. The van der Waals surface area contributed by atoms with Crippen LogP contribution in [0.1, 0.15) is 18.4 Å². The Hall–Kier alpha value is -1.13. The molecule has 0 aromatic heterocycles. The van der Waals surface area contributed by atoms with E-state index in [-0.39, 0.29) is 5.82 Å². The van der Waals surface area contributed by atoms with Crippen molar-refractivity contribution < 1.29 is 9.13 Å². The van der Waals surface area contributed by atoms with Crippen LogP contribution in [0.25, 0.3) is 0 Å². The molecule has 1 saturated heterocycles. The van der Waals surface area contributed by atoms with Gasteiger partial charge < -0.3 is 15.4 Å². The molecular formula is C15H23FN2O. The van der Waals surface area contributed by atoms with E-state index in [1.165, 1.54) is 0 Å². The molecule has 2 N–H and O–H groups in total. The normalized spacial score (nSPS) is 16.6. The third-order valence-corrected chi connectivity index (χ3v) is 3.73. The molecule has 1 aromatic carbocycles. The molecule has 0 amide bonds. The van der Waals surface area contributed by atoms with E-state index in [0.717, 1.165) is 44.6 Å². The molecule has 4 heteroatoms. The molecule has 1 aliphatic rings. The first kappa shape index (κ1) is 14.3. The Kier molecular flexibility index (Phi) is 5.16. The molecule has 3 nitrogen and oxygen atoms in total. The van der Waals surface area contributed by atoms with Gasteiger partial charge in [0, 0.05) is 26.8 Å². The monoisotopic (exact) mass is 266 g/mol. The van der Waals surface area contributed by atoms with Crippen molar-refractivity contribution in [1.29, 1.82) is 0 Å². The molecule has 0 atom stereocenters. The van der Waals surface area contributed by atoms with Gasteiger partial charge in [0.2, 0.25) is 0 Å². The second-order valence-electron chi connectivity index (χ2n) is 5.26. The van der Waals surface area contributed by atoms with Gasteiger partial charge in [-0.25, -0.2) is 4.39 Å². The fraction of sp³-hybridized carbons (Fsp3) is 0.600. The number of hydrogen-bond donors (Lipinski definition) is 1. The van der Waals surface area contributed by atoms with E-state index >= 15 is 0 Å². The molecule has 1 aliphatic heterocycles. The van der Waals surface area contributed by atoms with Crippen LogP contribution in [0.15, 0.2) is 18.2 Å². The minimum atomic E-state index is -0.152. The lowest BCUT2D eigenvalue weighted by atomic mass is 9.99. The van der Waals surface area contributed by atoms with Crippen molar-refractivity contribution in [1.82, 2.24) is 0 Å². The van der Waals surface area contributed by atoms with Gasteiger partial charge in [-0.1, -0.05) is 6.07 Å². The molecule has 0 unspecified atom stereocenters. The van der Waals surface area contributed by atoms with Crippen LogP contribution in [0.4, 0.5) is 10.1 Å². The van der Waals surface area contributed by atoms with E-state index in [2.05, 4.69) is 0 Å². The highest BCUT2D eigenvalue weighted by Crippen LogP contribution is 2.23. The van der Waals surface area contributed by atoms with Crippen molar-refractivity contribution in [3.8, 4) is 0 Å². The number of hydrogen-bond acceptors (Lipinski definition) is 3. The minimum absolute atomic E-state index is 0.152. The standard InChI is InChI=1S/C15H23FN2O/c1-18(11-13-5-8-19-9-6-13)15-3-2-12(4-7-17)10-14(15)16/h2-3,10,13H,4-9,11,17H2,1H3. The molecule has 1 heterocycles. The number of nitrogens with zero attached hydrogens (tertiary/aromatic N) is 1. The lowest BCUT2D eigenvalue weighted by Crippen LogP contribution is -2.30. The average Bonchev–Trinajstić information content (AvgIpc) is 2.40. The van der Waals surface area contributed by atoms with Gasteiger partial charge in [0.1, 0.15) is 5.82 Å². The SMILES string of the molecule is CN(CC1CCOCC1)c1ccc(CCN)cc1F. The van der Waals surface area contributed by atoms with E-state index in [9.17, 15) is 4.39 Å². The fourth-order valence-electron chi connectivity index (χ4n) is 2.60. The molecule has 1 fully saturated rings. The van der Waals surface area contributed by atoms with Crippen molar-refractivity contribution >= 4 is 5.69 Å². The first-order chi connectivity index (χ1) is 9.20. The molecular weight excluding hydrogens is 243 g/mol. The summed E-state index contributed by atoms with van der Waals surface area (Å²) in [6.07, 6.45) is 2.86. The Morgan fingerprint density at radius 2 is 2.11 bits per heavy atom. The molecule has 0 radical (unpaired) electrons. The first-order valence-corrected chi connectivity index (χ1v) is 6.98. The van der Waals surface area contributed by atoms with Gasteiger partial charge in [-0.3, -0.25) is 0 Å². The van der Waals surface area contributed by atoms with Crippen molar-refractivity contribution in [2.75, 3.05) is 38.3 Å². The number of halogens is 1. The smallest absolute Gasteiger partial charge is 0.146 e. The topological polar surface area (TPSA) is 38.5 Å². The fourth-order valence-corrected chi connectivity index (χ4v) is 2.60. The number of anilines is 1. The second-order valence-corrected chi connectivity index (χ2v) is 5.26. The molecule has 0 aliphatic carbocycles. The zero-order chi connectivity index (χ0) is 13.7. The maximum absolute atomic E-state index is 14.1. The predicted molar refractivity (Wildman–Crippen MR) is 76.0 cm³/mol. The van der Waals surface area contributed by atoms with E-state index < -0.39 is 0 Å². The largest absolute Gasteiger partial charge is 0.381 e. The summed E-state index contributed by atoms with van der Waals surface area (Å²) in [5.74, 6) is 0.447. The summed E-state index contributed by atoms with van der Waals surface area (Å²) in [6.45, 7) is 3.10. The van der Waals surface area contributed by atoms with Gasteiger partial charge in [-0.05, 0) is 49.4 Å². The van der Waals surface area contributed by atoms with Crippen LogP contribution in [0, 0.1) is 11.7 Å². The van der Waals surface area contributed by atoms with E-state index in [1.807, 2.05) is 24.1 Å². The minimum Gasteiger partial charge on any atom is -0.381 e. The molecule has 1 aromatic rings. The average molecular weight is 266 g/mol. The van der Waals surface area contributed by atoms with Crippen LogP contribution >= 0.6 is 0 Å². The van der Waals surface area contributed by atoms with Crippen molar-refractivity contribution in [3.05, 3.63) is 29.6 Å². The van der Waals surface area contributed by atoms with Crippen LogP contribution in [-0.2, 0) is 11.2 Å². The highest BCUT2D eigenvalue weighted by Gasteiger charge is 2.17. The van der Waals surface area contributed by atoms with Gasteiger partial charge in [0.05, 0.1) is 5.69 Å². The van der Waals surface area contributed by atoms with Gasteiger partial charge in [0.15, 0.2) is 0 Å². The number of benzene rings is 1. The summed E-state index contributed by atoms with van der Waals surface area (Å²) in [7, 11) is 1.95. The zero-order valence-electron chi connectivity index (χ0n) is 11.6. The quantitative estimate of drug-likeness (QED) is 0.888. The molecule has 2 rings (SSSR count). The Morgan fingerprint density at radius 3 is 2.74 bits per heavy atom. The molecule has 0 spiro atoms. The van der Waals surface area contributed by atoms with Gasteiger partial charge in [-0.2, -0.15) is 0 Å². The van der Waals surface area contributed by atoms with Gasteiger partial charge in [-0.15, -0.1) is 0 Å². The van der Waals surface area contributed by atoms with E-state index in [4.69, 9.17) is 10.5 Å². The van der Waals surface area contributed by atoms with Crippen LogP contribution in [0.3, 0.4) is 0 Å². The number of nitrogens with two attached hydrogens (primary N) is 1. The Balaban J connectivity index is 1.99. The van der Waals surface area contributed by atoms with Crippen LogP contribution in [0.2, 0.25) is 0 Å². The summed E-state index contributed by atoms with van der Waals surface area (Å²) in [6, 6.07) is 5.42. The lowest BCUT2D eigenvalue weighted by molar-refractivity contribution is 0.0685. The number of ether oxygens (including phenoxy) is 1. The Bertz CT molecular complexity index is 405. The maximum Gasteiger partial charge on any atom is 0.146 e. The molecule has 106 valence electrons.